The van der Waals surface area contributed by atoms with Crippen molar-refractivity contribution in [3.63, 3.8) is 0 Å². The molecule has 0 aromatic carbocycles. The van der Waals surface area contributed by atoms with E-state index in [0.717, 1.165) is 0 Å². The number of β-lactam (4-membered cyclic amide) rings is 1. The summed E-state index contributed by atoms with van der Waals surface area (Å²) in [5, 5.41) is 2.67. The third-order valence-electron chi connectivity index (χ3n) is 4.42. The Morgan fingerprint density at radius 1 is 1.32 bits per heavy atom. The van der Waals surface area contributed by atoms with Gasteiger partial charge in [0.2, 0.25) is 11.8 Å². The van der Waals surface area contributed by atoms with Gasteiger partial charge in [0.1, 0.15) is 25.0 Å². The fourth-order valence-corrected chi connectivity index (χ4v) is 2.66. The molecular weight excluding hydrogens is 350 g/mol. The van der Waals surface area contributed by atoms with Gasteiger partial charge in [0.15, 0.2) is 0 Å². The summed E-state index contributed by atoms with van der Waals surface area (Å²) in [6.07, 6.45) is -0.0972. The van der Waals surface area contributed by atoms with Gasteiger partial charge in [0.05, 0.1) is 19.0 Å². The molecule has 0 saturated carbocycles. The molecular formula is C16H28ClN3O5. The second-order valence-corrected chi connectivity index (χ2v) is 7.09. The molecule has 0 radical (unpaired) electrons. The monoisotopic (exact) mass is 377 g/mol. The van der Waals surface area contributed by atoms with Gasteiger partial charge in [-0.3, -0.25) is 9.59 Å². The molecule has 0 aromatic heterocycles. The molecule has 2 rings (SSSR count). The Morgan fingerprint density at radius 3 is 2.44 bits per heavy atom. The summed E-state index contributed by atoms with van der Waals surface area (Å²) in [6, 6.07) is -1.44. The highest BCUT2D eigenvalue weighted by Crippen LogP contribution is 2.28. The molecule has 0 spiro atoms. The first-order valence-corrected chi connectivity index (χ1v) is 8.38. The van der Waals surface area contributed by atoms with E-state index in [4.69, 9.17) is 15.2 Å². The van der Waals surface area contributed by atoms with E-state index in [-0.39, 0.29) is 55.0 Å². The van der Waals surface area contributed by atoms with Gasteiger partial charge in [-0.2, -0.15) is 0 Å². The zero-order chi connectivity index (χ0) is 18.0. The van der Waals surface area contributed by atoms with Crippen LogP contribution in [0.25, 0.3) is 0 Å². The number of rotatable bonds is 7. The van der Waals surface area contributed by atoms with Crippen molar-refractivity contribution < 1.29 is 23.9 Å². The molecule has 0 aromatic rings. The maximum atomic E-state index is 12.3. The van der Waals surface area contributed by atoms with Gasteiger partial charge in [0.25, 0.3) is 0 Å². The summed E-state index contributed by atoms with van der Waals surface area (Å²) >= 11 is 0. The molecule has 8 nitrogen and oxygen atoms in total. The minimum atomic E-state index is -0.762. The van der Waals surface area contributed by atoms with Crippen LogP contribution in [0.3, 0.4) is 0 Å². The number of fused-ring (bicyclic) bond motifs is 1. The Kier molecular flexibility index (Phi) is 7.64. The van der Waals surface area contributed by atoms with Crippen LogP contribution in [0, 0.1) is 11.8 Å². The molecule has 2 fully saturated rings. The molecule has 25 heavy (non-hydrogen) atoms. The largest absolute Gasteiger partial charge is 0.461 e. The highest BCUT2D eigenvalue weighted by atomic mass is 35.5. The summed E-state index contributed by atoms with van der Waals surface area (Å²) in [4.78, 5) is 37.3. The number of carbonyl (C=O) groups excluding carboxylic acids is 3. The lowest BCUT2D eigenvalue weighted by Gasteiger charge is -2.31. The van der Waals surface area contributed by atoms with Crippen LogP contribution < -0.4 is 11.1 Å². The molecule has 3 N–H and O–H groups in total. The van der Waals surface area contributed by atoms with Crippen molar-refractivity contribution in [1.82, 2.24) is 10.2 Å². The SMILES string of the molecule is CC(C)C(N)C(=O)NC(C(=O)OCC1CN2C(=O)CC2O1)C(C)C.Cl. The van der Waals surface area contributed by atoms with Crippen molar-refractivity contribution in [2.75, 3.05) is 13.2 Å². The van der Waals surface area contributed by atoms with Crippen molar-refractivity contribution in [2.24, 2.45) is 17.6 Å². The maximum absolute atomic E-state index is 12.3. The highest BCUT2D eigenvalue weighted by molar-refractivity contribution is 5.87. The van der Waals surface area contributed by atoms with Gasteiger partial charge in [-0.1, -0.05) is 27.7 Å². The minimum absolute atomic E-state index is 0. The van der Waals surface area contributed by atoms with Crippen LogP contribution in [0.2, 0.25) is 0 Å². The number of nitrogens with zero attached hydrogens (tertiary/aromatic N) is 1. The van der Waals surface area contributed by atoms with Crippen molar-refractivity contribution in [2.45, 2.75) is 58.5 Å². The Balaban J connectivity index is 0.00000312. The second-order valence-electron chi connectivity index (χ2n) is 7.09. The molecule has 2 saturated heterocycles. The number of nitrogens with one attached hydrogen (secondary N) is 1. The van der Waals surface area contributed by atoms with Gasteiger partial charge in [-0.25, -0.2) is 4.79 Å². The Labute approximate surface area is 154 Å². The van der Waals surface area contributed by atoms with Crippen molar-refractivity contribution >= 4 is 30.2 Å². The maximum Gasteiger partial charge on any atom is 0.328 e. The lowest BCUT2D eigenvalue weighted by Crippen LogP contribution is -2.52. The molecule has 4 atom stereocenters. The summed E-state index contributed by atoms with van der Waals surface area (Å²) in [5.41, 5.74) is 5.81. The van der Waals surface area contributed by atoms with Crippen molar-refractivity contribution in [3.05, 3.63) is 0 Å². The smallest absolute Gasteiger partial charge is 0.328 e. The molecule has 4 unspecified atom stereocenters. The zero-order valence-corrected chi connectivity index (χ0v) is 15.9. The van der Waals surface area contributed by atoms with Crippen LogP contribution in [0.4, 0.5) is 0 Å². The van der Waals surface area contributed by atoms with Crippen LogP contribution in [-0.4, -0.2) is 60.3 Å². The number of amides is 2. The number of ether oxygens (including phenoxy) is 2. The number of carbonyl (C=O) groups is 3. The summed E-state index contributed by atoms with van der Waals surface area (Å²) in [7, 11) is 0. The molecule has 2 aliphatic rings. The fraction of sp³-hybridized carbons (Fsp3) is 0.812. The average Bonchev–Trinajstić information content (AvgIpc) is 2.85. The summed E-state index contributed by atoms with van der Waals surface area (Å²) in [5.74, 6) is -0.982. The molecule has 2 aliphatic heterocycles. The Hall–Kier alpha value is -1.38. The molecule has 0 bridgehead atoms. The minimum Gasteiger partial charge on any atom is -0.461 e. The van der Waals surface area contributed by atoms with Crippen LogP contribution in [0.15, 0.2) is 0 Å². The zero-order valence-electron chi connectivity index (χ0n) is 15.1. The molecule has 0 aliphatic carbocycles. The van der Waals surface area contributed by atoms with Crippen LogP contribution in [0.1, 0.15) is 34.1 Å². The number of halogens is 1. The number of nitrogens with two attached hydrogens (primary N) is 1. The predicted octanol–water partition coefficient (Wildman–Crippen LogP) is 0.0327. The van der Waals surface area contributed by atoms with Crippen LogP contribution in [-0.2, 0) is 23.9 Å². The van der Waals surface area contributed by atoms with Gasteiger partial charge in [0, 0.05) is 0 Å². The van der Waals surface area contributed by atoms with E-state index in [1.807, 2.05) is 27.7 Å². The van der Waals surface area contributed by atoms with Crippen LogP contribution >= 0.6 is 12.4 Å². The van der Waals surface area contributed by atoms with Gasteiger partial charge < -0.3 is 25.4 Å². The van der Waals surface area contributed by atoms with Gasteiger partial charge in [-0.05, 0) is 11.8 Å². The Morgan fingerprint density at radius 2 is 1.96 bits per heavy atom. The topological polar surface area (TPSA) is 111 Å². The first-order chi connectivity index (χ1) is 11.2. The quantitative estimate of drug-likeness (QED) is 0.478. The van der Waals surface area contributed by atoms with E-state index >= 15 is 0 Å². The number of hydrogen-bond donors (Lipinski definition) is 2. The van der Waals surface area contributed by atoms with Crippen molar-refractivity contribution in [3.8, 4) is 0 Å². The first kappa shape index (κ1) is 21.7. The number of hydrogen-bond acceptors (Lipinski definition) is 6. The highest BCUT2D eigenvalue weighted by Gasteiger charge is 2.45. The molecule has 2 amide bonds. The average molecular weight is 378 g/mol. The number of esters is 1. The van der Waals surface area contributed by atoms with Crippen molar-refractivity contribution in [1.29, 1.82) is 0 Å². The van der Waals surface area contributed by atoms with Gasteiger partial charge >= 0.3 is 5.97 Å². The van der Waals surface area contributed by atoms with Gasteiger partial charge in [-0.15, -0.1) is 12.4 Å². The van der Waals surface area contributed by atoms with E-state index in [2.05, 4.69) is 5.32 Å². The van der Waals surface area contributed by atoms with E-state index < -0.39 is 18.1 Å². The normalized spacial score (nSPS) is 24.3. The fourth-order valence-electron chi connectivity index (χ4n) is 2.66. The lowest BCUT2D eigenvalue weighted by molar-refractivity contribution is -0.160. The lowest BCUT2D eigenvalue weighted by atomic mass is 10.0. The summed E-state index contributed by atoms with van der Waals surface area (Å²) in [6.45, 7) is 7.83. The van der Waals surface area contributed by atoms with E-state index in [1.54, 1.807) is 4.90 Å². The summed E-state index contributed by atoms with van der Waals surface area (Å²) < 4.78 is 10.9. The second kappa shape index (κ2) is 8.82. The third kappa shape index (κ3) is 5.05. The molecule has 9 heteroatoms. The third-order valence-corrected chi connectivity index (χ3v) is 4.42. The van der Waals surface area contributed by atoms with E-state index in [9.17, 15) is 14.4 Å². The first-order valence-electron chi connectivity index (χ1n) is 8.38. The standard InChI is InChI=1S/C16H27N3O5.ClH/c1-8(2)13(17)15(21)18-14(9(3)4)16(22)23-7-10-6-19-11(20)5-12(19)24-10;/h8-10,12-14H,5-7,17H2,1-4H3,(H,18,21);1H. The molecule has 2 heterocycles. The Bertz CT molecular complexity index is 514. The molecule has 144 valence electrons. The van der Waals surface area contributed by atoms with E-state index in [1.165, 1.54) is 0 Å². The predicted molar refractivity (Wildman–Crippen MR) is 92.8 cm³/mol. The van der Waals surface area contributed by atoms with E-state index in [0.29, 0.717) is 13.0 Å². The van der Waals surface area contributed by atoms with Crippen LogP contribution in [0.5, 0.6) is 0 Å².